The monoisotopic (exact) mass is 304 g/mol. The lowest BCUT2D eigenvalue weighted by atomic mass is 10.0. The lowest BCUT2D eigenvalue weighted by molar-refractivity contribution is 0.250. The predicted molar refractivity (Wildman–Crippen MR) is 92.8 cm³/mol. The van der Waals surface area contributed by atoms with E-state index in [9.17, 15) is 4.79 Å². The Morgan fingerprint density at radius 1 is 1.09 bits per heavy atom. The Balaban J connectivity index is 2.98. The van der Waals surface area contributed by atoms with Crippen molar-refractivity contribution >= 4 is 17.7 Å². The van der Waals surface area contributed by atoms with Crippen molar-refractivity contribution in [2.24, 2.45) is 0 Å². The van der Waals surface area contributed by atoms with Gasteiger partial charge in [-0.25, -0.2) is 4.79 Å². The maximum absolute atomic E-state index is 12.5. The van der Waals surface area contributed by atoms with Crippen LogP contribution >= 0.6 is 0 Å². The van der Waals surface area contributed by atoms with E-state index in [1.807, 2.05) is 32.0 Å². The second-order valence-electron chi connectivity index (χ2n) is 5.14. The largest absolute Gasteiger partial charge is 0.343 e. The molecule has 0 fully saturated rings. The highest BCUT2D eigenvalue weighted by atomic mass is 16.2. The van der Waals surface area contributed by atoms with E-state index in [0.29, 0.717) is 13.1 Å². The average molecular weight is 304 g/mol. The van der Waals surface area contributed by atoms with Gasteiger partial charge < -0.3 is 4.90 Å². The van der Waals surface area contributed by atoms with Crippen molar-refractivity contribution in [3.8, 4) is 0 Å². The molecule has 0 aliphatic rings. The molecule has 0 aliphatic heterocycles. The van der Waals surface area contributed by atoms with Gasteiger partial charge in [0.05, 0.1) is 5.69 Å². The Bertz CT molecular complexity index is 501. The van der Waals surface area contributed by atoms with Crippen LogP contribution in [0.3, 0.4) is 0 Å². The van der Waals surface area contributed by atoms with Crippen LogP contribution in [0.1, 0.15) is 38.8 Å². The van der Waals surface area contributed by atoms with Crippen molar-refractivity contribution in [2.75, 3.05) is 25.0 Å². The van der Waals surface area contributed by atoms with Crippen molar-refractivity contribution in [2.45, 2.75) is 40.5 Å². The summed E-state index contributed by atoms with van der Waals surface area (Å²) in [6.07, 6.45) is 1.74. The zero-order chi connectivity index (χ0) is 16.7. The molecule has 5 nitrogen and oxygen atoms in total. The minimum Gasteiger partial charge on any atom is -0.343 e. The minimum atomic E-state index is -0.271. The fourth-order valence-corrected chi connectivity index (χ4v) is 2.55. The highest BCUT2D eigenvalue weighted by Gasteiger charge is 2.19. The quantitative estimate of drug-likeness (QED) is 0.648. The number of nitrogens with zero attached hydrogens (tertiary/aromatic N) is 2. The zero-order valence-corrected chi connectivity index (χ0v) is 14.4. The van der Waals surface area contributed by atoms with Gasteiger partial charge in [-0.3, -0.25) is 15.6 Å². The average Bonchev–Trinajstić information content (AvgIpc) is 2.54. The van der Waals surface area contributed by atoms with E-state index in [0.717, 1.165) is 29.7 Å². The standard InChI is InChI=1S/C17H28N4O/c1-6-13-11-10-12-14(7-2)15(13)20(5)17(22)19-16(18)21(8-3)9-4/h10-12H,6-9H2,1-5H3,(H2,18,19,22). The molecule has 0 atom stereocenters. The maximum Gasteiger partial charge on any atom is 0.328 e. The van der Waals surface area contributed by atoms with Crippen molar-refractivity contribution in [1.29, 1.82) is 5.41 Å². The van der Waals surface area contributed by atoms with Gasteiger partial charge >= 0.3 is 6.03 Å². The summed E-state index contributed by atoms with van der Waals surface area (Å²) in [5, 5.41) is 10.7. The Morgan fingerprint density at radius 3 is 2.00 bits per heavy atom. The molecule has 0 heterocycles. The molecule has 0 unspecified atom stereocenters. The second-order valence-corrected chi connectivity index (χ2v) is 5.14. The Kier molecular flexibility index (Phi) is 6.89. The number of hydrogen-bond acceptors (Lipinski definition) is 2. The van der Waals surface area contributed by atoms with E-state index in [2.05, 4.69) is 19.2 Å². The van der Waals surface area contributed by atoms with Crippen molar-refractivity contribution < 1.29 is 4.79 Å². The third-order valence-corrected chi connectivity index (χ3v) is 3.91. The molecule has 0 aliphatic carbocycles. The predicted octanol–water partition coefficient (Wildman–Crippen LogP) is 3.23. The summed E-state index contributed by atoms with van der Waals surface area (Å²) in [5.41, 5.74) is 3.25. The molecule has 1 aromatic carbocycles. The molecule has 0 saturated heterocycles. The lowest BCUT2D eigenvalue weighted by Crippen LogP contribution is -2.48. The second kappa shape index (κ2) is 8.41. The first-order chi connectivity index (χ1) is 10.5. The van der Waals surface area contributed by atoms with E-state index in [-0.39, 0.29) is 12.0 Å². The Hall–Kier alpha value is -2.04. The Labute approximate surface area is 133 Å². The summed E-state index contributed by atoms with van der Waals surface area (Å²) in [4.78, 5) is 15.9. The summed E-state index contributed by atoms with van der Waals surface area (Å²) < 4.78 is 0. The smallest absolute Gasteiger partial charge is 0.328 e. The number of aryl methyl sites for hydroxylation is 2. The molecule has 2 N–H and O–H groups in total. The number of nitrogens with one attached hydrogen (secondary N) is 2. The van der Waals surface area contributed by atoms with E-state index in [1.165, 1.54) is 0 Å². The van der Waals surface area contributed by atoms with Crippen LogP contribution in [0.4, 0.5) is 10.5 Å². The third-order valence-electron chi connectivity index (χ3n) is 3.91. The first kappa shape index (κ1) is 18.0. The minimum absolute atomic E-state index is 0.147. The first-order valence-electron chi connectivity index (χ1n) is 7.98. The summed E-state index contributed by atoms with van der Waals surface area (Å²) in [5.74, 6) is 0.147. The van der Waals surface area contributed by atoms with Crippen LogP contribution in [0.2, 0.25) is 0 Å². The van der Waals surface area contributed by atoms with Crippen LogP contribution in [0.25, 0.3) is 0 Å². The molecule has 0 aromatic heterocycles. The number of anilines is 1. The molecular formula is C17H28N4O. The van der Waals surface area contributed by atoms with Crippen molar-refractivity contribution in [3.63, 3.8) is 0 Å². The number of hydrogen-bond donors (Lipinski definition) is 2. The highest BCUT2D eigenvalue weighted by Crippen LogP contribution is 2.26. The number of guanidine groups is 1. The van der Waals surface area contributed by atoms with Gasteiger partial charge in [0.15, 0.2) is 5.96 Å². The SMILES string of the molecule is CCc1cccc(CC)c1N(C)C(=O)NC(=N)N(CC)CC. The number of rotatable bonds is 5. The van der Waals surface area contributed by atoms with E-state index in [1.54, 1.807) is 16.8 Å². The molecule has 1 rings (SSSR count). The molecular weight excluding hydrogens is 276 g/mol. The third kappa shape index (κ3) is 4.00. The number of carbonyl (C=O) groups excluding carboxylic acids is 1. The van der Waals surface area contributed by atoms with Gasteiger partial charge in [0.25, 0.3) is 0 Å². The molecule has 0 spiro atoms. The number of urea groups is 1. The van der Waals surface area contributed by atoms with Gasteiger partial charge in [-0.05, 0) is 37.8 Å². The molecule has 0 saturated carbocycles. The molecule has 122 valence electrons. The van der Waals surface area contributed by atoms with Crippen LogP contribution in [0.15, 0.2) is 18.2 Å². The molecule has 22 heavy (non-hydrogen) atoms. The summed E-state index contributed by atoms with van der Waals surface area (Å²) in [6.45, 7) is 9.51. The molecule has 0 radical (unpaired) electrons. The number of carbonyl (C=O) groups is 1. The first-order valence-corrected chi connectivity index (χ1v) is 7.98. The topological polar surface area (TPSA) is 59.4 Å². The molecule has 2 amide bonds. The van der Waals surface area contributed by atoms with Crippen molar-refractivity contribution in [3.05, 3.63) is 29.3 Å². The number of benzene rings is 1. The van der Waals surface area contributed by atoms with Crippen LogP contribution < -0.4 is 10.2 Å². The Morgan fingerprint density at radius 2 is 1.59 bits per heavy atom. The molecule has 1 aromatic rings. The van der Waals surface area contributed by atoms with Gasteiger partial charge in [0.2, 0.25) is 0 Å². The fraction of sp³-hybridized carbons (Fsp3) is 0.529. The van der Waals surface area contributed by atoms with Crippen LogP contribution in [-0.4, -0.2) is 37.0 Å². The lowest BCUT2D eigenvalue weighted by Gasteiger charge is -2.27. The summed E-state index contributed by atoms with van der Waals surface area (Å²) >= 11 is 0. The van der Waals surface area contributed by atoms with Gasteiger partial charge in [0, 0.05) is 20.1 Å². The zero-order valence-electron chi connectivity index (χ0n) is 14.4. The number of para-hydroxylation sites is 1. The van der Waals surface area contributed by atoms with Gasteiger partial charge in [-0.15, -0.1) is 0 Å². The molecule has 5 heteroatoms. The van der Waals surface area contributed by atoms with Crippen LogP contribution in [0, 0.1) is 5.41 Å². The summed E-state index contributed by atoms with van der Waals surface area (Å²) in [6, 6.07) is 5.86. The normalized spacial score (nSPS) is 10.2. The van der Waals surface area contributed by atoms with Crippen LogP contribution in [-0.2, 0) is 12.8 Å². The van der Waals surface area contributed by atoms with Gasteiger partial charge in [0.1, 0.15) is 0 Å². The van der Waals surface area contributed by atoms with Gasteiger partial charge in [-0.1, -0.05) is 32.0 Å². The fourth-order valence-electron chi connectivity index (χ4n) is 2.55. The van der Waals surface area contributed by atoms with E-state index in [4.69, 9.17) is 5.41 Å². The van der Waals surface area contributed by atoms with E-state index < -0.39 is 0 Å². The van der Waals surface area contributed by atoms with Crippen LogP contribution in [0.5, 0.6) is 0 Å². The number of amides is 2. The summed E-state index contributed by atoms with van der Waals surface area (Å²) in [7, 11) is 1.76. The maximum atomic E-state index is 12.5. The van der Waals surface area contributed by atoms with Gasteiger partial charge in [-0.2, -0.15) is 0 Å². The van der Waals surface area contributed by atoms with Crippen molar-refractivity contribution in [1.82, 2.24) is 10.2 Å². The molecule has 0 bridgehead atoms. The highest BCUT2D eigenvalue weighted by molar-refractivity contribution is 6.03. The van der Waals surface area contributed by atoms with E-state index >= 15 is 0 Å².